The third-order valence-corrected chi connectivity index (χ3v) is 2.66. The van der Waals surface area contributed by atoms with E-state index in [2.05, 4.69) is 10.3 Å². The van der Waals surface area contributed by atoms with Crippen molar-refractivity contribution in [2.24, 2.45) is 0 Å². The summed E-state index contributed by atoms with van der Waals surface area (Å²) in [6, 6.07) is 8.75. The Labute approximate surface area is 101 Å². The van der Waals surface area contributed by atoms with E-state index in [9.17, 15) is 4.39 Å². The van der Waals surface area contributed by atoms with Crippen molar-refractivity contribution < 1.29 is 4.39 Å². The van der Waals surface area contributed by atoms with Crippen molar-refractivity contribution in [1.29, 1.82) is 0 Å². The summed E-state index contributed by atoms with van der Waals surface area (Å²) in [5.74, 6) is -0.222. The van der Waals surface area contributed by atoms with E-state index in [-0.39, 0.29) is 5.82 Å². The van der Waals surface area contributed by atoms with Gasteiger partial charge in [0.1, 0.15) is 5.82 Å². The molecule has 0 fully saturated rings. The van der Waals surface area contributed by atoms with Crippen LogP contribution >= 0.6 is 0 Å². The minimum atomic E-state index is -0.222. The number of aryl methyl sites for hydroxylation is 1. The van der Waals surface area contributed by atoms with Gasteiger partial charge in [-0.3, -0.25) is 4.98 Å². The Bertz CT molecular complexity index is 506. The van der Waals surface area contributed by atoms with Gasteiger partial charge in [0.2, 0.25) is 0 Å². The molecule has 0 saturated carbocycles. The SMILES string of the molecule is CNCc1ccc(F)cc1-c1ccc(C)nc1. The molecule has 0 aliphatic rings. The van der Waals surface area contributed by atoms with Crippen LogP contribution in [0.5, 0.6) is 0 Å². The number of hydrogen-bond donors (Lipinski definition) is 1. The van der Waals surface area contributed by atoms with Crippen LogP contribution in [0, 0.1) is 12.7 Å². The lowest BCUT2D eigenvalue weighted by molar-refractivity contribution is 0.627. The third kappa shape index (κ3) is 2.68. The van der Waals surface area contributed by atoms with Gasteiger partial charge in [-0.1, -0.05) is 12.1 Å². The number of halogens is 1. The minimum Gasteiger partial charge on any atom is -0.316 e. The highest BCUT2D eigenvalue weighted by atomic mass is 19.1. The molecule has 0 atom stereocenters. The smallest absolute Gasteiger partial charge is 0.123 e. The number of rotatable bonds is 3. The van der Waals surface area contributed by atoms with Crippen molar-refractivity contribution in [3.05, 3.63) is 53.6 Å². The molecule has 17 heavy (non-hydrogen) atoms. The van der Waals surface area contributed by atoms with Crippen LogP contribution in [-0.2, 0) is 6.54 Å². The average molecular weight is 230 g/mol. The second-order valence-corrected chi connectivity index (χ2v) is 4.02. The first-order chi connectivity index (χ1) is 8.20. The Kier molecular flexibility index (Phi) is 3.49. The lowest BCUT2D eigenvalue weighted by atomic mass is 10.0. The maximum Gasteiger partial charge on any atom is 0.123 e. The number of aromatic nitrogens is 1. The maximum atomic E-state index is 13.3. The van der Waals surface area contributed by atoms with E-state index in [0.717, 1.165) is 22.4 Å². The summed E-state index contributed by atoms with van der Waals surface area (Å²) >= 11 is 0. The fraction of sp³-hybridized carbons (Fsp3) is 0.214. The normalized spacial score (nSPS) is 10.5. The lowest BCUT2D eigenvalue weighted by Gasteiger charge is -2.09. The van der Waals surface area contributed by atoms with Gasteiger partial charge >= 0.3 is 0 Å². The first kappa shape index (κ1) is 11.7. The molecule has 1 aromatic carbocycles. The molecular formula is C14H15FN2. The minimum absolute atomic E-state index is 0.222. The Balaban J connectivity index is 2.48. The van der Waals surface area contributed by atoms with Crippen LogP contribution in [0.2, 0.25) is 0 Å². The Morgan fingerprint density at radius 1 is 1.24 bits per heavy atom. The molecular weight excluding hydrogens is 215 g/mol. The molecule has 1 aromatic heterocycles. The largest absolute Gasteiger partial charge is 0.316 e. The second-order valence-electron chi connectivity index (χ2n) is 4.02. The predicted octanol–water partition coefficient (Wildman–Crippen LogP) is 2.92. The average Bonchev–Trinajstić information content (AvgIpc) is 2.33. The van der Waals surface area contributed by atoms with Crippen LogP contribution in [0.4, 0.5) is 4.39 Å². The van der Waals surface area contributed by atoms with E-state index in [4.69, 9.17) is 0 Å². The molecule has 0 spiro atoms. The summed E-state index contributed by atoms with van der Waals surface area (Å²) < 4.78 is 13.3. The second kappa shape index (κ2) is 5.06. The first-order valence-electron chi connectivity index (χ1n) is 5.57. The standard InChI is InChI=1S/C14H15FN2/c1-10-3-4-12(9-17-10)14-7-13(15)6-5-11(14)8-16-2/h3-7,9,16H,8H2,1-2H3. The highest BCUT2D eigenvalue weighted by molar-refractivity contribution is 5.66. The quantitative estimate of drug-likeness (QED) is 0.877. The van der Waals surface area contributed by atoms with E-state index in [1.54, 1.807) is 18.3 Å². The summed E-state index contributed by atoms with van der Waals surface area (Å²) in [7, 11) is 1.88. The molecule has 0 amide bonds. The van der Waals surface area contributed by atoms with Gasteiger partial charge in [-0.05, 0) is 43.3 Å². The van der Waals surface area contributed by atoms with Gasteiger partial charge in [0, 0.05) is 24.0 Å². The van der Waals surface area contributed by atoms with Crippen molar-refractivity contribution >= 4 is 0 Å². The number of nitrogens with zero attached hydrogens (tertiary/aromatic N) is 1. The molecule has 2 aromatic rings. The van der Waals surface area contributed by atoms with Gasteiger partial charge in [0.25, 0.3) is 0 Å². The van der Waals surface area contributed by atoms with Crippen molar-refractivity contribution in [3.63, 3.8) is 0 Å². The molecule has 3 heteroatoms. The molecule has 0 aliphatic carbocycles. The van der Waals surface area contributed by atoms with E-state index in [1.165, 1.54) is 6.07 Å². The number of nitrogens with one attached hydrogen (secondary N) is 1. The Hall–Kier alpha value is -1.74. The molecule has 0 unspecified atom stereocenters. The molecule has 0 saturated heterocycles. The molecule has 2 nitrogen and oxygen atoms in total. The van der Waals surface area contributed by atoms with Crippen LogP contribution in [0.15, 0.2) is 36.5 Å². The van der Waals surface area contributed by atoms with Crippen LogP contribution in [0.25, 0.3) is 11.1 Å². The summed E-state index contributed by atoms with van der Waals surface area (Å²) in [4.78, 5) is 4.24. The van der Waals surface area contributed by atoms with E-state index >= 15 is 0 Å². The fourth-order valence-corrected chi connectivity index (χ4v) is 1.79. The zero-order valence-electron chi connectivity index (χ0n) is 10.00. The molecule has 88 valence electrons. The predicted molar refractivity (Wildman–Crippen MR) is 67.1 cm³/mol. The van der Waals surface area contributed by atoms with Crippen molar-refractivity contribution in [3.8, 4) is 11.1 Å². The highest BCUT2D eigenvalue weighted by Gasteiger charge is 2.06. The van der Waals surface area contributed by atoms with Crippen molar-refractivity contribution in [2.45, 2.75) is 13.5 Å². The van der Waals surface area contributed by atoms with Gasteiger partial charge < -0.3 is 5.32 Å². The van der Waals surface area contributed by atoms with Gasteiger partial charge in [0.05, 0.1) is 0 Å². The molecule has 0 aliphatic heterocycles. The third-order valence-electron chi connectivity index (χ3n) is 2.66. The zero-order chi connectivity index (χ0) is 12.3. The van der Waals surface area contributed by atoms with Gasteiger partial charge in [-0.15, -0.1) is 0 Å². The highest BCUT2D eigenvalue weighted by Crippen LogP contribution is 2.24. The van der Waals surface area contributed by atoms with Crippen LogP contribution in [0.3, 0.4) is 0 Å². The van der Waals surface area contributed by atoms with Crippen LogP contribution in [0.1, 0.15) is 11.3 Å². The molecule has 0 bridgehead atoms. The summed E-state index contributed by atoms with van der Waals surface area (Å²) in [6.45, 7) is 2.65. The van der Waals surface area contributed by atoms with E-state index < -0.39 is 0 Å². The Morgan fingerprint density at radius 2 is 2.06 bits per heavy atom. The summed E-state index contributed by atoms with van der Waals surface area (Å²) in [5.41, 5.74) is 3.87. The summed E-state index contributed by atoms with van der Waals surface area (Å²) in [5, 5.41) is 3.08. The monoisotopic (exact) mass is 230 g/mol. The lowest BCUT2D eigenvalue weighted by Crippen LogP contribution is -2.06. The van der Waals surface area contributed by atoms with Crippen molar-refractivity contribution in [1.82, 2.24) is 10.3 Å². The molecule has 1 N–H and O–H groups in total. The van der Waals surface area contributed by atoms with E-state index in [0.29, 0.717) is 6.54 Å². The van der Waals surface area contributed by atoms with E-state index in [1.807, 2.05) is 26.1 Å². The number of benzene rings is 1. The van der Waals surface area contributed by atoms with Gasteiger partial charge in [0.15, 0.2) is 0 Å². The molecule has 1 heterocycles. The molecule has 0 radical (unpaired) electrons. The first-order valence-corrected chi connectivity index (χ1v) is 5.57. The van der Waals surface area contributed by atoms with Gasteiger partial charge in [-0.25, -0.2) is 4.39 Å². The topological polar surface area (TPSA) is 24.9 Å². The fourth-order valence-electron chi connectivity index (χ4n) is 1.79. The van der Waals surface area contributed by atoms with Crippen LogP contribution in [-0.4, -0.2) is 12.0 Å². The van der Waals surface area contributed by atoms with Crippen molar-refractivity contribution in [2.75, 3.05) is 7.05 Å². The zero-order valence-corrected chi connectivity index (χ0v) is 10.00. The summed E-state index contributed by atoms with van der Waals surface area (Å²) in [6.07, 6.45) is 1.78. The molecule has 2 rings (SSSR count). The maximum absolute atomic E-state index is 13.3. The van der Waals surface area contributed by atoms with Gasteiger partial charge in [-0.2, -0.15) is 0 Å². The van der Waals surface area contributed by atoms with Crippen LogP contribution < -0.4 is 5.32 Å². The Morgan fingerprint density at radius 3 is 2.71 bits per heavy atom. The number of hydrogen-bond acceptors (Lipinski definition) is 2. The number of pyridine rings is 1.